The van der Waals surface area contributed by atoms with E-state index in [0.717, 1.165) is 17.5 Å². The van der Waals surface area contributed by atoms with Crippen LogP contribution in [0.1, 0.15) is 30.5 Å². The minimum absolute atomic E-state index is 0.0144. The van der Waals surface area contributed by atoms with Crippen molar-refractivity contribution in [3.63, 3.8) is 0 Å². The lowest BCUT2D eigenvalue weighted by Gasteiger charge is -2.20. The minimum atomic E-state index is -0.523. The van der Waals surface area contributed by atoms with Gasteiger partial charge in [-0.2, -0.15) is 0 Å². The standard InChI is InChI=1S/C18H22N2O/c1-2-17(15-11-7-4-8-12-15)20-18(21)16(19)13-14-9-5-3-6-10-14/h3-12,16-17H,2,13,19H2,1H3,(H,20,21)/t16-,17-/m1/s1. The molecule has 0 bridgehead atoms. The van der Waals surface area contributed by atoms with Crippen LogP contribution >= 0.6 is 0 Å². The zero-order valence-corrected chi connectivity index (χ0v) is 12.3. The molecule has 0 spiro atoms. The second kappa shape index (κ2) is 7.60. The van der Waals surface area contributed by atoms with Gasteiger partial charge in [0.2, 0.25) is 5.91 Å². The zero-order chi connectivity index (χ0) is 15.1. The maximum absolute atomic E-state index is 12.3. The summed E-state index contributed by atoms with van der Waals surface area (Å²) >= 11 is 0. The van der Waals surface area contributed by atoms with Gasteiger partial charge in [-0.3, -0.25) is 4.79 Å². The van der Waals surface area contributed by atoms with Crippen LogP contribution < -0.4 is 11.1 Å². The van der Waals surface area contributed by atoms with E-state index >= 15 is 0 Å². The van der Waals surface area contributed by atoms with Gasteiger partial charge in [-0.05, 0) is 24.0 Å². The number of carbonyl (C=O) groups is 1. The molecular weight excluding hydrogens is 260 g/mol. The van der Waals surface area contributed by atoms with Crippen LogP contribution in [0.2, 0.25) is 0 Å². The van der Waals surface area contributed by atoms with Crippen molar-refractivity contribution in [3.05, 3.63) is 71.8 Å². The number of carbonyl (C=O) groups excluding carboxylic acids is 1. The molecule has 0 fully saturated rings. The summed E-state index contributed by atoms with van der Waals surface area (Å²) in [6.07, 6.45) is 1.39. The molecule has 2 rings (SSSR count). The van der Waals surface area contributed by atoms with E-state index < -0.39 is 6.04 Å². The molecule has 0 radical (unpaired) electrons. The smallest absolute Gasteiger partial charge is 0.237 e. The first-order valence-corrected chi connectivity index (χ1v) is 7.35. The summed E-state index contributed by atoms with van der Waals surface area (Å²) in [7, 11) is 0. The van der Waals surface area contributed by atoms with Crippen LogP contribution in [0.25, 0.3) is 0 Å². The molecule has 110 valence electrons. The summed E-state index contributed by atoms with van der Waals surface area (Å²) in [6, 6.07) is 19.3. The van der Waals surface area contributed by atoms with Crippen LogP contribution in [0.5, 0.6) is 0 Å². The second-order valence-corrected chi connectivity index (χ2v) is 5.18. The van der Waals surface area contributed by atoms with E-state index in [0.29, 0.717) is 6.42 Å². The van der Waals surface area contributed by atoms with E-state index in [-0.39, 0.29) is 11.9 Å². The highest BCUT2D eigenvalue weighted by Gasteiger charge is 2.18. The van der Waals surface area contributed by atoms with Crippen molar-refractivity contribution in [2.24, 2.45) is 5.73 Å². The van der Waals surface area contributed by atoms with E-state index in [2.05, 4.69) is 12.2 Å². The SMILES string of the molecule is CC[C@@H](NC(=O)[C@H](N)Cc1ccccc1)c1ccccc1. The first-order valence-electron chi connectivity index (χ1n) is 7.35. The van der Waals surface area contributed by atoms with Gasteiger partial charge in [0.15, 0.2) is 0 Å². The lowest BCUT2D eigenvalue weighted by atomic mass is 10.0. The lowest BCUT2D eigenvalue weighted by molar-refractivity contribution is -0.123. The van der Waals surface area contributed by atoms with Crippen molar-refractivity contribution in [1.82, 2.24) is 5.32 Å². The van der Waals surface area contributed by atoms with E-state index in [9.17, 15) is 4.79 Å². The number of rotatable bonds is 6. The van der Waals surface area contributed by atoms with Crippen molar-refractivity contribution < 1.29 is 4.79 Å². The third kappa shape index (κ3) is 4.43. The van der Waals surface area contributed by atoms with E-state index in [1.807, 2.05) is 60.7 Å². The summed E-state index contributed by atoms with van der Waals surface area (Å²) in [5.41, 5.74) is 8.21. The first kappa shape index (κ1) is 15.3. The molecule has 0 aliphatic carbocycles. The predicted octanol–water partition coefficient (Wildman–Crippen LogP) is 2.82. The summed E-state index contributed by atoms with van der Waals surface area (Å²) in [5.74, 6) is -0.102. The van der Waals surface area contributed by atoms with Gasteiger partial charge in [0, 0.05) is 0 Å². The van der Waals surface area contributed by atoms with E-state index in [1.165, 1.54) is 0 Å². The Bertz CT molecular complexity index is 554. The van der Waals surface area contributed by atoms with Gasteiger partial charge in [-0.25, -0.2) is 0 Å². The summed E-state index contributed by atoms with van der Waals surface area (Å²) in [6.45, 7) is 2.06. The highest BCUT2D eigenvalue weighted by atomic mass is 16.2. The summed E-state index contributed by atoms with van der Waals surface area (Å²) in [5, 5.41) is 3.04. The predicted molar refractivity (Wildman–Crippen MR) is 85.7 cm³/mol. The van der Waals surface area contributed by atoms with Gasteiger partial charge in [0.05, 0.1) is 12.1 Å². The highest BCUT2D eigenvalue weighted by molar-refractivity contribution is 5.82. The van der Waals surface area contributed by atoms with Crippen LogP contribution in [0.15, 0.2) is 60.7 Å². The summed E-state index contributed by atoms with van der Waals surface area (Å²) in [4.78, 5) is 12.3. The summed E-state index contributed by atoms with van der Waals surface area (Å²) < 4.78 is 0. The highest BCUT2D eigenvalue weighted by Crippen LogP contribution is 2.16. The van der Waals surface area contributed by atoms with E-state index in [1.54, 1.807) is 0 Å². The van der Waals surface area contributed by atoms with Crippen molar-refractivity contribution >= 4 is 5.91 Å². The van der Waals surface area contributed by atoms with Gasteiger partial charge < -0.3 is 11.1 Å². The van der Waals surface area contributed by atoms with Crippen LogP contribution in [0.4, 0.5) is 0 Å². The fourth-order valence-electron chi connectivity index (χ4n) is 2.35. The van der Waals surface area contributed by atoms with Crippen LogP contribution in [-0.2, 0) is 11.2 Å². The average molecular weight is 282 g/mol. The molecule has 1 amide bonds. The monoisotopic (exact) mass is 282 g/mol. The molecule has 2 aromatic rings. The molecule has 0 aliphatic rings. The van der Waals surface area contributed by atoms with Crippen molar-refractivity contribution in [3.8, 4) is 0 Å². The van der Waals surface area contributed by atoms with Gasteiger partial charge in [-0.1, -0.05) is 67.6 Å². The molecule has 0 saturated heterocycles. The third-order valence-electron chi connectivity index (χ3n) is 3.56. The number of hydrogen-bond donors (Lipinski definition) is 2. The molecule has 2 atom stereocenters. The zero-order valence-electron chi connectivity index (χ0n) is 12.3. The van der Waals surface area contributed by atoms with Crippen LogP contribution in [-0.4, -0.2) is 11.9 Å². The Balaban J connectivity index is 1.96. The molecular formula is C18H22N2O. The minimum Gasteiger partial charge on any atom is -0.348 e. The van der Waals surface area contributed by atoms with Crippen LogP contribution in [0.3, 0.4) is 0 Å². The quantitative estimate of drug-likeness (QED) is 0.856. The Hall–Kier alpha value is -2.13. The second-order valence-electron chi connectivity index (χ2n) is 5.18. The number of nitrogens with two attached hydrogens (primary N) is 1. The number of nitrogens with one attached hydrogen (secondary N) is 1. The molecule has 0 heterocycles. The Morgan fingerprint density at radius 1 is 1.05 bits per heavy atom. The fraction of sp³-hybridized carbons (Fsp3) is 0.278. The molecule has 21 heavy (non-hydrogen) atoms. The molecule has 3 N–H and O–H groups in total. The van der Waals surface area contributed by atoms with Gasteiger partial charge in [0.25, 0.3) is 0 Å². The average Bonchev–Trinajstić information content (AvgIpc) is 2.54. The number of amides is 1. The van der Waals surface area contributed by atoms with Gasteiger partial charge in [-0.15, -0.1) is 0 Å². The third-order valence-corrected chi connectivity index (χ3v) is 3.56. The maximum Gasteiger partial charge on any atom is 0.237 e. The molecule has 0 unspecified atom stereocenters. The van der Waals surface area contributed by atoms with E-state index in [4.69, 9.17) is 5.73 Å². The molecule has 3 heteroatoms. The van der Waals surface area contributed by atoms with Crippen molar-refractivity contribution in [2.45, 2.75) is 31.8 Å². The largest absolute Gasteiger partial charge is 0.348 e. The van der Waals surface area contributed by atoms with Crippen LogP contribution in [0, 0.1) is 0 Å². The molecule has 2 aromatic carbocycles. The van der Waals surface area contributed by atoms with Crippen molar-refractivity contribution in [2.75, 3.05) is 0 Å². The lowest BCUT2D eigenvalue weighted by Crippen LogP contribution is -2.43. The Labute approximate surface area is 126 Å². The molecule has 3 nitrogen and oxygen atoms in total. The normalized spacial score (nSPS) is 13.4. The Morgan fingerprint density at radius 3 is 2.19 bits per heavy atom. The van der Waals surface area contributed by atoms with Gasteiger partial charge >= 0.3 is 0 Å². The maximum atomic E-state index is 12.3. The first-order chi connectivity index (χ1) is 10.2. The van der Waals surface area contributed by atoms with Crippen molar-refractivity contribution in [1.29, 1.82) is 0 Å². The number of benzene rings is 2. The fourth-order valence-corrected chi connectivity index (χ4v) is 2.35. The topological polar surface area (TPSA) is 55.1 Å². The molecule has 0 aliphatic heterocycles. The molecule has 0 saturated carbocycles. The molecule has 0 aromatic heterocycles. The number of hydrogen-bond acceptors (Lipinski definition) is 2. The Kier molecular flexibility index (Phi) is 5.52. The Morgan fingerprint density at radius 2 is 1.62 bits per heavy atom. The van der Waals surface area contributed by atoms with Gasteiger partial charge in [0.1, 0.15) is 0 Å².